The van der Waals surface area contributed by atoms with E-state index in [9.17, 15) is 4.79 Å². The van der Waals surface area contributed by atoms with Crippen molar-refractivity contribution in [3.63, 3.8) is 0 Å². The molecular formula is C9H9NO. The Labute approximate surface area is 65.5 Å². The molecule has 0 aromatic rings. The fourth-order valence-corrected chi connectivity index (χ4v) is 1.36. The van der Waals surface area contributed by atoms with Gasteiger partial charge in [0.25, 0.3) is 0 Å². The number of carbonyl (C=O) groups excluding carboxylic acids is 1. The molecule has 0 aromatic carbocycles. The molecule has 0 atom stereocenters. The molecule has 0 saturated heterocycles. The van der Waals surface area contributed by atoms with Gasteiger partial charge in [0.2, 0.25) is 0 Å². The van der Waals surface area contributed by atoms with Crippen LogP contribution >= 0.6 is 0 Å². The van der Waals surface area contributed by atoms with Gasteiger partial charge >= 0.3 is 0 Å². The smallest absolute Gasteiger partial charge is 0.180 e. The summed E-state index contributed by atoms with van der Waals surface area (Å²) in [7, 11) is 1.99. The number of nitrogens with zero attached hydrogens (tertiary/aromatic N) is 1. The van der Waals surface area contributed by atoms with Crippen molar-refractivity contribution >= 4 is 5.78 Å². The number of ketones is 1. The summed E-state index contributed by atoms with van der Waals surface area (Å²) in [6.45, 7) is 0.915. The van der Waals surface area contributed by atoms with Gasteiger partial charge in [0.05, 0.1) is 0 Å². The summed E-state index contributed by atoms with van der Waals surface area (Å²) in [6, 6.07) is 0. The molecule has 2 aliphatic rings. The van der Waals surface area contributed by atoms with Crippen LogP contribution in [-0.4, -0.2) is 24.3 Å². The fourth-order valence-electron chi connectivity index (χ4n) is 1.36. The van der Waals surface area contributed by atoms with Gasteiger partial charge in [-0.05, 0) is 17.7 Å². The Balaban J connectivity index is 2.42. The van der Waals surface area contributed by atoms with E-state index in [1.165, 1.54) is 5.57 Å². The first kappa shape index (κ1) is 6.40. The molecular weight excluding hydrogens is 138 g/mol. The van der Waals surface area contributed by atoms with Gasteiger partial charge < -0.3 is 4.90 Å². The lowest BCUT2D eigenvalue weighted by Crippen LogP contribution is -2.14. The lowest BCUT2D eigenvalue weighted by molar-refractivity contribution is -0.110. The highest BCUT2D eigenvalue weighted by atomic mass is 16.1. The van der Waals surface area contributed by atoms with E-state index in [1.807, 2.05) is 13.1 Å². The Bertz CT molecular complexity index is 297. The molecule has 0 radical (unpaired) electrons. The second kappa shape index (κ2) is 2.09. The van der Waals surface area contributed by atoms with Gasteiger partial charge in [-0.1, -0.05) is 6.08 Å². The standard InChI is InChI=1S/C9H9NO/c1-10-5-4-7-2-3-8(11)6-9(7)10/h2-4,6H,5H2,1H3. The molecule has 56 valence electrons. The Morgan fingerprint density at radius 3 is 3.09 bits per heavy atom. The zero-order chi connectivity index (χ0) is 7.84. The van der Waals surface area contributed by atoms with E-state index in [1.54, 1.807) is 12.2 Å². The van der Waals surface area contributed by atoms with E-state index >= 15 is 0 Å². The summed E-state index contributed by atoms with van der Waals surface area (Å²) in [6.07, 6.45) is 7.28. The zero-order valence-electron chi connectivity index (χ0n) is 6.37. The van der Waals surface area contributed by atoms with Gasteiger partial charge in [-0.2, -0.15) is 0 Å². The lowest BCUT2D eigenvalue weighted by Gasteiger charge is -2.15. The van der Waals surface area contributed by atoms with E-state index in [2.05, 4.69) is 11.0 Å². The van der Waals surface area contributed by atoms with Crippen molar-refractivity contribution < 1.29 is 4.79 Å². The predicted octanol–water partition coefficient (Wildman–Crippen LogP) is 0.881. The van der Waals surface area contributed by atoms with E-state index in [-0.39, 0.29) is 5.78 Å². The highest BCUT2D eigenvalue weighted by Gasteiger charge is 2.17. The van der Waals surface area contributed by atoms with Crippen LogP contribution in [0.4, 0.5) is 0 Å². The molecule has 0 unspecified atom stereocenters. The summed E-state index contributed by atoms with van der Waals surface area (Å²) in [5.74, 6) is 0.0888. The Morgan fingerprint density at radius 2 is 2.27 bits per heavy atom. The largest absolute Gasteiger partial charge is 0.370 e. The third kappa shape index (κ3) is 0.909. The second-order valence-corrected chi connectivity index (χ2v) is 2.81. The first-order chi connectivity index (χ1) is 5.27. The van der Waals surface area contributed by atoms with Crippen molar-refractivity contribution in [1.29, 1.82) is 0 Å². The van der Waals surface area contributed by atoms with Crippen molar-refractivity contribution in [2.24, 2.45) is 0 Å². The van der Waals surface area contributed by atoms with Crippen LogP contribution in [0.1, 0.15) is 0 Å². The van der Waals surface area contributed by atoms with Crippen molar-refractivity contribution in [1.82, 2.24) is 4.90 Å². The maximum atomic E-state index is 10.9. The first-order valence-corrected chi connectivity index (χ1v) is 3.63. The van der Waals surface area contributed by atoms with Crippen LogP contribution in [-0.2, 0) is 4.79 Å². The summed E-state index contributed by atoms with van der Waals surface area (Å²) in [5, 5.41) is 0. The molecule has 0 aromatic heterocycles. The number of carbonyl (C=O) groups is 1. The normalized spacial score (nSPS) is 21.5. The summed E-state index contributed by atoms with van der Waals surface area (Å²) in [5.41, 5.74) is 2.23. The molecule has 0 spiro atoms. The van der Waals surface area contributed by atoms with Gasteiger partial charge in [-0.3, -0.25) is 4.79 Å². The highest BCUT2D eigenvalue weighted by molar-refractivity contribution is 6.02. The summed E-state index contributed by atoms with van der Waals surface area (Å²) >= 11 is 0. The average molecular weight is 147 g/mol. The maximum absolute atomic E-state index is 10.9. The average Bonchev–Trinajstić information content (AvgIpc) is 2.33. The van der Waals surface area contributed by atoms with Gasteiger partial charge in [-0.25, -0.2) is 0 Å². The predicted molar refractivity (Wildman–Crippen MR) is 42.9 cm³/mol. The molecule has 11 heavy (non-hydrogen) atoms. The molecule has 0 N–H and O–H groups in total. The number of hydrogen-bond acceptors (Lipinski definition) is 2. The molecule has 2 nitrogen and oxygen atoms in total. The minimum Gasteiger partial charge on any atom is -0.370 e. The summed E-state index contributed by atoms with van der Waals surface area (Å²) in [4.78, 5) is 13.0. The van der Waals surface area contributed by atoms with Crippen LogP contribution in [0.25, 0.3) is 0 Å². The Kier molecular flexibility index (Phi) is 1.22. The lowest BCUT2D eigenvalue weighted by atomic mass is 10.1. The quantitative estimate of drug-likeness (QED) is 0.507. The van der Waals surface area contributed by atoms with Crippen LogP contribution in [0.5, 0.6) is 0 Å². The Hall–Kier alpha value is -1.31. The van der Waals surface area contributed by atoms with Crippen molar-refractivity contribution in [2.75, 3.05) is 13.6 Å². The molecule has 0 saturated carbocycles. The minimum absolute atomic E-state index is 0.0888. The molecule has 0 bridgehead atoms. The van der Waals surface area contributed by atoms with Crippen molar-refractivity contribution in [2.45, 2.75) is 0 Å². The SMILES string of the molecule is CN1CC=C2C=CC(=O)C=C21. The number of hydrogen-bond donors (Lipinski definition) is 0. The van der Waals surface area contributed by atoms with Crippen LogP contribution in [0.2, 0.25) is 0 Å². The fraction of sp³-hybridized carbons (Fsp3) is 0.222. The third-order valence-corrected chi connectivity index (χ3v) is 2.00. The van der Waals surface area contributed by atoms with E-state index in [4.69, 9.17) is 0 Å². The van der Waals surface area contributed by atoms with Crippen LogP contribution in [0.15, 0.2) is 35.6 Å². The third-order valence-electron chi connectivity index (χ3n) is 2.00. The molecule has 2 rings (SSSR count). The van der Waals surface area contributed by atoms with Gasteiger partial charge in [-0.15, -0.1) is 0 Å². The molecule has 1 aliphatic carbocycles. The first-order valence-electron chi connectivity index (χ1n) is 3.63. The molecule has 1 aliphatic heterocycles. The van der Waals surface area contributed by atoms with Crippen LogP contribution in [0.3, 0.4) is 0 Å². The molecule has 1 heterocycles. The van der Waals surface area contributed by atoms with E-state index in [0.717, 1.165) is 12.2 Å². The van der Waals surface area contributed by atoms with Gasteiger partial charge in [0.15, 0.2) is 5.78 Å². The van der Waals surface area contributed by atoms with Crippen molar-refractivity contribution in [3.05, 3.63) is 35.6 Å². The van der Waals surface area contributed by atoms with E-state index in [0.29, 0.717) is 0 Å². The second-order valence-electron chi connectivity index (χ2n) is 2.81. The Morgan fingerprint density at radius 1 is 1.45 bits per heavy atom. The molecule has 0 fully saturated rings. The van der Waals surface area contributed by atoms with E-state index < -0.39 is 0 Å². The van der Waals surface area contributed by atoms with Gasteiger partial charge in [0.1, 0.15) is 0 Å². The molecule has 0 amide bonds. The highest BCUT2D eigenvalue weighted by Crippen LogP contribution is 2.24. The zero-order valence-corrected chi connectivity index (χ0v) is 6.37. The molecule has 2 heteroatoms. The minimum atomic E-state index is 0.0888. The van der Waals surface area contributed by atoms with Gasteiger partial charge in [0, 0.05) is 25.4 Å². The monoisotopic (exact) mass is 147 g/mol. The van der Waals surface area contributed by atoms with Crippen LogP contribution < -0.4 is 0 Å². The topological polar surface area (TPSA) is 20.3 Å². The number of rotatable bonds is 0. The van der Waals surface area contributed by atoms with Crippen molar-refractivity contribution in [3.8, 4) is 0 Å². The number of allylic oxidation sites excluding steroid dienone is 3. The summed E-state index contributed by atoms with van der Waals surface area (Å²) < 4.78 is 0. The number of likely N-dealkylation sites (N-methyl/N-ethyl adjacent to an activating group) is 1. The van der Waals surface area contributed by atoms with Crippen LogP contribution in [0, 0.1) is 0 Å². The maximum Gasteiger partial charge on any atom is 0.180 e. The number of fused-ring (bicyclic) bond motifs is 1.